The number of aromatic nitrogens is 3. The van der Waals surface area contributed by atoms with Crippen molar-refractivity contribution in [3.8, 4) is 0 Å². The molecule has 2 N–H and O–H groups in total. The van der Waals surface area contributed by atoms with Gasteiger partial charge in [-0.15, -0.1) is 16.4 Å². The molecular weight excluding hydrogens is 370 g/mol. The molecule has 2 rings (SSSR count). The Morgan fingerprint density at radius 3 is 2.81 bits per heavy atom. The van der Waals surface area contributed by atoms with Gasteiger partial charge < -0.3 is 10.2 Å². The summed E-state index contributed by atoms with van der Waals surface area (Å²) >= 11 is 2.87. The van der Waals surface area contributed by atoms with E-state index in [2.05, 4.69) is 20.5 Å². The van der Waals surface area contributed by atoms with Gasteiger partial charge in [-0.25, -0.2) is 4.98 Å². The number of thioether (sulfide) groups is 1. The second-order valence-corrected chi connectivity index (χ2v) is 8.61. The third-order valence-electron chi connectivity index (χ3n) is 3.08. The van der Waals surface area contributed by atoms with E-state index in [1.165, 1.54) is 16.7 Å². The van der Waals surface area contributed by atoms with Gasteiger partial charge in [-0.2, -0.15) is 0 Å². The molecule has 0 aromatic carbocycles. The fourth-order valence-corrected chi connectivity index (χ4v) is 3.31. The second kappa shape index (κ2) is 9.00. The average molecular weight is 394 g/mol. The van der Waals surface area contributed by atoms with Gasteiger partial charge in [-0.3, -0.25) is 14.7 Å². The smallest absolute Gasteiger partial charge is 0.240 e. The minimum Gasteiger partial charge on any atom is -0.350 e. The maximum atomic E-state index is 12.2. The summed E-state index contributed by atoms with van der Waals surface area (Å²) in [7, 11) is 1.61. The molecule has 9 heteroatoms. The third kappa shape index (κ3) is 7.01. The van der Waals surface area contributed by atoms with Crippen LogP contribution >= 0.6 is 23.1 Å². The van der Waals surface area contributed by atoms with Crippen LogP contribution < -0.4 is 5.32 Å². The highest BCUT2D eigenvalue weighted by atomic mass is 32.2. The number of nitrogens with one attached hydrogen (secondary N) is 2. The minimum absolute atomic E-state index is 0.0272. The molecule has 0 atom stereocenters. The first kappa shape index (κ1) is 20.2. The Bertz CT molecular complexity index is 762. The lowest BCUT2D eigenvalue weighted by atomic mass is 10.1. The zero-order valence-electron chi connectivity index (χ0n) is 15.3. The van der Waals surface area contributed by atoms with Crippen LogP contribution in [0, 0.1) is 0 Å². The molecule has 0 spiro atoms. The van der Waals surface area contributed by atoms with Crippen molar-refractivity contribution in [2.45, 2.75) is 31.5 Å². The van der Waals surface area contributed by atoms with Gasteiger partial charge in [-0.1, -0.05) is 17.8 Å². The highest BCUT2D eigenvalue weighted by Gasteiger charge is 2.18. The number of amides is 2. The number of carbonyl (C=O) groups is 2. The molecule has 0 saturated heterocycles. The van der Waals surface area contributed by atoms with E-state index in [4.69, 9.17) is 0 Å². The van der Waals surface area contributed by atoms with Gasteiger partial charge in [0.25, 0.3) is 0 Å². The molecule has 2 amide bonds. The van der Waals surface area contributed by atoms with Crippen molar-refractivity contribution >= 4 is 47.1 Å². The number of hydrogen-bond donors (Lipinski definition) is 2. The predicted octanol–water partition coefficient (Wildman–Crippen LogP) is 2.50. The molecule has 2 aromatic heterocycles. The lowest BCUT2D eigenvalue weighted by molar-refractivity contribution is -0.133. The van der Waals surface area contributed by atoms with Crippen molar-refractivity contribution in [2.75, 3.05) is 19.3 Å². The minimum atomic E-state index is -0.318. The Kier molecular flexibility index (Phi) is 6.98. The summed E-state index contributed by atoms with van der Waals surface area (Å²) in [4.78, 5) is 30.9. The molecule has 0 aliphatic carbocycles. The highest BCUT2D eigenvalue weighted by Crippen LogP contribution is 2.15. The number of likely N-dealkylation sites (N-methyl/N-ethyl adjacent to an activating group) is 1. The van der Waals surface area contributed by atoms with Crippen LogP contribution in [0.4, 0.5) is 0 Å². The number of H-pyrrole nitrogens is 1. The van der Waals surface area contributed by atoms with Gasteiger partial charge >= 0.3 is 0 Å². The first-order valence-corrected chi connectivity index (χ1v) is 9.91. The normalized spacial score (nSPS) is 11.7. The molecule has 2 aromatic rings. The monoisotopic (exact) mass is 393 g/mol. The van der Waals surface area contributed by atoms with Gasteiger partial charge in [0.05, 0.1) is 12.3 Å². The van der Waals surface area contributed by atoms with Gasteiger partial charge in [0.1, 0.15) is 5.82 Å². The standard InChI is InChI=1S/C17H23N5O2S2/c1-17(2,3)19-14(23)10-22(4)15(24)11-26-16-18-13(20-21-16)8-7-12-6-5-9-25-12/h5-9H,10-11H2,1-4H3,(H,19,23)(H,18,20,21). The number of aromatic amines is 1. The van der Waals surface area contributed by atoms with Crippen molar-refractivity contribution in [2.24, 2.45) is 0 Å². The summed E-state index contributed by atoms with van der Waals surface area (Å²) in [6.45, 7) is 5.72. The van der Waals surface area contributed by atoms with Crippen molar-refractivity contribution in [3.05, 3.63) is 28.2 Å². The highest BCUT2D eigenvalue weighted by molar-refractivity contribution is 7.99. The summed E-state index contributed by atoms with van der Waals surface area (Å²) in [5.74, 6) is 0.466. The fourth-order valence-electron chi connectivity index (χ4n) is 1.94. The maximum absolute atomic E-state index is 12.2. The maximum Gasteiger partial charge on any atom is 0.240 e. The van der Waals surface area contributed by atoms with E-state index in [1.807, 2.05) is 50.4 Å². The summed E-state index contributed by atoms with van der Waals surface area (Å²) < 4.78 is 0. The zero-order valence-corrected chi connectivity index (χ0v) is 16.9. The van der Waals surface area contributed by atoms with Gasteiger partial charge in [0.2, 0.25) is 17.0 Å². The van der Waals surface area contributed by atoms with Gasteiger partial charge in [0, 0.05) is 17.5 Å². The molecule has 0 bridgehead atoms. The predicted molar refractivity (Wildman–Crippen MR) is 106 cm³/mol. The Balaban J connectivity index is 1.79. The summed E-state index contributed by atoms with van der Waals surface area (Å²) in [6.07, 6.45) is 3.79. The van der Waals surface area contributed by atoms with E-state index in [0.29, 0.717) is 11.0 Å². The Labute approximate surface area is 161 Å². The number of carbonyl (C=O) groups excluding carboxylic acids is 2. The molecule has 0 unspecified atom stereocenters. The first-order chi connectivity index (χ1) is 12.2. The van der Waals surface area contributed by atoms with Crippen LogP contribution in [0.2, 0.25) is 0 Å². The zero-order chi connectivity index (χ0) is 19.2. The number of thiophene rings is 1. The van der Waals surface area contributed by atoms with E-state index >= 15 is 0 Å². The van der Waals surface area contributed by atoms with Crippen LogP contribution in [0.25, 0.3) is 12.2 Å². The molecule has 0 aliphatic rings. The molecule has 26 heavy (non-hydrogen) atoms. The van der Waals surface area contributed by atoms with Gasteiger partial charge in [0.15, 0.2) is 0 Å². The van der Waals surface area contributed by atoms with Crippen molar-refractivity contribution in [3.63, 3.8) is 0 Å². The second-order valence-electron chi connectivity index (χ2n) is 6.69. The van der Waals surface area contributed by atoms with E-state index in [1.54, 1.807) is 18.4 Å². The van der Waals surface area contributed by atoms with E-state index in [9.17, 15) is 9.59 Å². The third-order valence-corrected chi connectivity index (χ3v) is 4.75. The lowest BCUT2D eigenvalue weighted by Gasteiger charge is -2.23. The van der Waals surface area contributed by atoms with Gasteiger partial charge in [-0.05, 0) is 44.4 Å². The largest absolute Gasteiger partial charge is 0.350 e. The number of hydrogen-bond acceptors (Lipinski definition) is 6. The molecule has 7 nitrogen and oxygen atoms in total. The fraction of sp³-hybridized carbons (Fsp3) is 0.412. The SMILES string of the molecule is CN(CC(=O)NC(C)(C)C)C(=O)CSc1n[nH]c(C=Cc2cccs2)n1. The molecule has 0 saturated carbocycles. The molecule has 0 fully saturated rings. The van der Waals surface area contributed by atoms with Crippen molar-refractivity contribution in [1.82, 2.24) is 25.4 Å². The molecule has 2 heterocycles. The van der Waals surface area contributed by atoms with E-state index in [0.717, 1.165) is 4.88 Å². The number of nitrogens with zero attached hydrogens (tertiary/aromatic N) is 3. The van der Waals surface area contributed by atoms with Crippen LogP contribution in [0.3, 0.4) is 0 Å². The molecule has 0 radical (unpaired) electrons. The topological polar surface area (TPSA) is 91.0 Å². The van der Waals surface area contributed by atoms with Crippen LogP contribution in [0.5, 0.6) is 0 Å². The Morgan fingerprint density at radius 2 is 2.15 bits per heavy atom. The van der Waals surface area contributed by atoms with E-state index in [-0.39, 0.29) is 29.7 Å². The quantitative estimate of drug-likeness (QED) is 0.705. The summed E-state index contributed by atoms with van der Waals surface area (Å²) in [6, 6.07) is 3.99. The lowest BCUT2D eigenvalue weighted by Crippen LogP contribution is -2.46. The van der Waals surface area contributed by atoms with E-state index < -0.39 is 0 Å². The van der Waals surface area contributed by atoms with Crippen molar-refractivity contribution < 1.29 is 9.59 Å². The van der Waals surface area contributed by atoms with Crippen LogP contribution in [-0.2, 0) is 9.59 Å². The molecule has 140 valence electrons. The Morgan fingerprint density at radius 1 is 1.38 bits per heavy atom. The van der Waals surface area contributed by atoms with Crippen molar-refractivity contribution in [1.29, 1.82) is 0 Å². The summed E-state index contributed by atoms with van der Waals surface area (Å²) in [5, 5.41) is 12.2. The first-order valence-electron chi connectivity index (χ1n) is 8.05. The van der Waals surface area contributed by atoms with Crippen LogP contribution in [-0.4, -0.2) is 56.8 Å². The number of rotatable bonds is 7. The van der Waals surface area contributed by atoms with Crippen LogP contribution in [0.15, 0.2) is 22.7 Å². The molecular formula is C17H23N5O2S2. The molecule has 0 aliphatic heterocycles. The Hall–Kier alpha value is -2.13. The van der Waals surface area contributed by atoms with Crippen LogP contribution in [0.1, 0.15) is 31.5 Å². The summed E-state index contributed by atoms with van der Waals surface area (Å²) in [5.41, 5.74) is -0.318. The average Bonchev–Trinajstić information content (AvgIpc) is 3.20.